The van der Waals surface area contributed by atoms with E-state index in [0.29, 0.717) is 5.69 Å². The Morgan fingerprint density at radius 2 is 2.09 bits per heavy atom. The van der Waals surface area contributed by atoms with E-state index in [1.165, 1.54) is 12.4 Å². The van der Waals surface area contributed by atoms with Crippen LogP contribution < -0.4 is 11.1 Å². The van der Waals surface area contributed by atoms with E-state index in [0.717, 1.165) is 4.90 Å². The summed E-state index contributed by atoms with van der Waals surface area (Å²) in [5, 5.41) is 2.64. The Bertz CT molecular complexity index is 693. The van der Waals surface area contributed by atoms with Gasteiger partial charge in [0, 0.05) is 23.0 Å². The van der Waals surface area contributed by atoms with Crippen LogP contribution >= 0.6 is 11.8 Å². The van der Waals surface area contributed by atoms with Crippen LogP contribution in [0, 0.1) is 0 Å². The lowest BCUT2D eigenvalue weighted by Crippen LogP contribution is -2.22. The van der Waals surface area contributed by atoms with Crippen LogP contribution in [0.3, 0.4) is 0 Å². The minimum atomic E-state index is -0.793. The van der Waals surface area contributed by atoms with Crippen molar-refractivity contribution in [1.29, 1.82) is 0 Å². The van der Waals surface area contributed by atoms with E-state index in [2.05, 4.69) is 15.3 Å². The first-order chi connectivity index (χ1) is 10.6. The molecule has 1 aromatic carbocycles. The summed E-state index contributed by atoms with van der Waals surface area (Å²) in [6.45, 7) is -0.432. The molecule has 2 aromatic rings. The number of thioether (sulfide) groups is 1. The Kier molecular flexibility index (Phi) is 5.31. The van der Waals surface area contributed by atoms with E-state index in [1.54, 1.807) is 17.8 Å². The largest absolute Gasteiger partial charge is 0.451 e. The van der Waals surface area contributed by atoms with Crippen LogP contribution in [0.25, 0.3) is 0 Å². The molecule has 1 amide bonds. The first kappa shape index (κ1) is 15.8. The minimum absolute atomic E-state index is 0.0411. The number of nitrogen functional groups attached to an aromatic ring is 1. The lowest BCUT2D eigenvalue weighted by atomic mass is 10.3. The van der Waals surface area contributed by atoms with Gasteiger partial charge in [0.15, 0.2) is 18.1 Å². The van der Waals surface area contributed by atoms with Gasteiger partial charge < -0.3 is 15.8 Å². The number of nitrogens with two attached hydrogens (primary N) is 1. The van der Waals surface area contributed by atoms with Crippen molar-refractivity contribution in [2.75, 3.05) is 23.9 Å². The number of anilines is 2. The maximum Gasteiger partial charge on any atom is 0.361 e. The number of rotatable bonds is 5. The Morgan fingerprint density at radius 3 is 2.82 bits per heavy atom. The highest BCUT2D eigenvalue weighted by molar-refractivity contribution is 7.98. The van der Waals surface area contributed by atoms with E-state index in [9.17, 15) is 9.59 Å². The molecule has 7 nitrogen and oxygen atoms in total. The Balaban J connectivity index is 1.90. The molecule has 2 rings (SSSR count). The SMILES string of the molecule is CSc1cccc(NC(=O)COC(=O)c2nccnc2N)c1. The molecule has 0 radical (unpaired) electrons. The van der Waals surface area contributed by atoms with Gasteiger partial charge in [-0.1, -0.05) is 6.07 Å². The van der Waals surface area contributed by atoms with Gasteiger partial charge in [-0.25, -0.2) is 14.8 Å². The predicted octanol–water partition coefficient (Wildman–Crippen LogP) is 1.58. The van der Waals surface area contributed by atoms with Crippen LogP contribution in [0.2, 0.25) is 0 Å². The molecule has 0 fully saturated rings. The van der Waals surface area contributed by atoms with E-state index < -0.39 is 18.5 Å². The zero-order chi connectivity index (χ0) is 15.9. The van der Waals surface area contributed by atoms with Gasteiger partial charge >= 0.3 is 5.97 Å². The molecular weight excluding hydrogens is 304 g/mol. The van der Waals surface area contributed by atoms with Crippen LogP contribution in [0.1, 0.15) is 10.5 Å². The summed E-state index contributed by atoms with van der Waals surface area (Å²) >= 11 is 1.56. The van der Waals surface area contributed by atoms with Gasteiger partial charge in [-0.3, -0.25) is 4.79 Å². The van der Waals surface area contributed by atoms with E-state index in [4.69, 9.17) is 10.5 Å². The molecule has 0 aliphatic rings. The highest BCUT2D eigenvalue weighted by atomic mass is 32.2. The molecule has 0 saturated heterocycles. The normalized spacial score (nSPS) is 10.0. The third-order valence-electron chi connectivity index (χ3n) is 2.61. The van der Waals surface area contributed by atoms with Crippen LogP contribution in [-0.2, 0) is 9.53 Å². The summed E-state index contributed by atoms with van der Waals surface area (Å²) in [4.78, 5) is 32.0. The van der Waals surface area contributed by atoms with Crippen LogP contribution in [-0.4, -0.2) is 34.7 Å². The third-order valence-corrected chi connectivity index (χ3v) is 3.33. The van der Waals surface area contributed by atoms with E-state index >= 15 is 0 Å². The highest BCUT2D eigenvalue weighted by Gasteiger charge is 2.15. The number of nitrogens with zero attached hydrogens (tertiary/aromatic N) is 2. The van der Waals surface area contributed by atoms with Gasteiger partial charge in [0.05, 0.1) is 0 Å². The standard InChI is InChI=1S/C14H14N4O3S/c1-22-10-4-2-3-9(7-10)18-11(19)8-21-14(20)12-13(15)17-6-5-16-12/h2-7H,8H2,1H3,(H2,15,17)(H,18,19). The molecule has 8 heteroatoms. The topological polar surface area (TPSA) is 107 Å². The third kappa shape index (κ3) is 4.19. The predicted molar refractivity (Wildman–Crippen MR) is 83.6 cm³/mol. The van der Waals surface area contributed by atoms with Crippen molar-refractivity contribution in [2.45, 2.75) is 4.90 Å². The molecule has 3 N–H and O–H groups in total. The monoisotopic (exact) mass is 318 g/mol. The molecule has 0 atom stereocenters. The smallest absolute Gasteiger partial charge is 0.361 e. The van der Waals surface area contributed by atoms with Crippen molar-refractivity contribution >= 4 is 35.1 Å². The van der Waals surface area contributed by atoms with Crippen molar-refractivity contribution < 1.29 is 14.3 Å². The molecule has 0 aliphatic carbocycles. The Hall–Kier alpha value is -2.61. The number of ether oxygens (including phenoxy) is 1. The quantitative estimate of drug-likeness (QED) is 0.636. The molecule has 0 bridgehead atoms. The Morgan fingerprint density at radius 1 is 1.32 bits per heavy atom. The number of aromatic nitrogens is 2. The second-order valence-electron chi connectivity index (χ2n) is 4.15. The summed E-state index contributed by atoms with van der Waals surface area (Å²) in [5.41, 5.74) is 6.03. The van der Waals surface area contributed by atoms with Crippen molar-refractivity contribution in [3.8, 4) is 0 Å². The average molecular weight is 318 g/mol. The van der Waals surface area contributed by atoms with Crippen LogP contribution in [0.5, 0.6) is 0 Å². The average Bonchev–Trinajstić information content (AvgIpc) is 2.53. The Labute approximate surface area is 131 Å². The molecule has 0 spiro atoms. The number of carbonyl (C=O) groups is 2. The van der Waals surface area contributed by atoms with Gasteiger partial charge in [-0.05, 0) is 24.5 Å². The van der Waals surface area contributed by atoms with Gasteiger partial charge in [0.1, 0.15) is 0 Å². The lowest BCUT2D eigenvalue weighted by molar-refractivity contribution is -0.119. The number of carbonyl (C=O) groups excluding carboxylic acids is 2. The lowest BCUT2D eigenvalue weighted by Gasteiger charge is -2.07. The summed E-state index contributed by atoms with van der Waals surface area (Å²) in [6, 6.07) is 7.33. The van der Waals surface area contributed by atoms with Crippen molar-refractivity contribution in [1.82, 2.24) is 9.97 Å². The molecule has 1 heterocycles. The van der Waals surface area contributed by atoms with Crippen molar-refractivity contribution in [3.63, 3.8) is 0 Å². The number of hydrogen-bond acceptors (Lipinski definition) is 7. The number of benzene rings is 1. The second kappa shape index (κ2) is 7.41. The van der Waals surface area contributed by atoms with E-state index in [1.807, 2.05) is 24.5 Å². The van der Waals surface area contributed by atoms with Gasteiger partial charge in [0.2, 0.25) is 0 Å². The number of nitrogens with one attached hydrogen (secondary N) is 1. The van der Waals surface area contributed by atoms with Gasteiger partial charge in [0.25, 0.3) is 5.91 Å². The summed E-state index contributed by atoms with van der Waals surface area (Å²) in [5.74, 6) is -1.28. The fraction of sp³-hybridized carbons (Fsp3) is 0.143. The molecule has 0 aliphatic heterocycles. The zero-order valence-corrected chi connectivity index (χ0v) is 12.6. The van der Waals surface area contributed by atoms with E-state index in [-0.39, 0.29) is 11.5 Å². The fourth-order valence-corrected chi connectivity index (χ4v) is 2.06. The van der Waals surface area contributed by atoms with Crippen LogP contribution in [0.15, 0.2) is 41.6 Å². The molecule has 0 saturated carbocycles. The van der Waals surface area contributed by atoms with Crippen LogP contribution in [0.4, 0.5) is 11.5 Å². The summed E-state index contributed by atoms with van der Waals surface area (Å²) in [7, 11) is 0. The van der Waals surface area contributed by atoms with Gasteiger partial charge in [-0.15, -0.1) is 11.8 Å². The molecule has 114 valence electrons. The minimum Gasteiger partial charge on any atom is -0.451 e. The fourth-order valence-electron chi connectivity index (χ4n) is 1.60. The molecular formula is C14H14N4O3S. The molecule has 22 heavy (non-hydrogen) atoms. The van der Waals surface area contributed by atoms with Crippen molar-refractivity contribution in [3.05, 3.63) is 42.4 Å². The molecule has 1 aromatic heterocycles. The maximum atomic E-state index is 11.8. The summed E-state index contributed by atoms with van der Waals surface area (Å²) in [6.07, 6.45) is 4.62. The zero-order valence-electron chi connectivity index (χ0n) is 11.8. The number of amides is 1. The van der Waals surface area contributed by atoms with Crippen molar-refractivity contribution in [2.24, 2.45) is 0 Å². The number of esters is 1. The second-order valence-corrected chi connectivity index (χ2v) is 5.03. The number of hydrogen-bond donors (Lipinski definition) is 2. The summed E-state index contributed by atoms with van der Waals surface area (Å²) < 4.78 is 4.86. The highest BCUT2D eigenvalue weighted by Crippen LogP contribution is 2.18. The van der Waals surface area contributed by atoms with Gasteiger partial charge in [-0.2, -0.15) is 0 Å². The first-order valence-corrected chi connectivity index (χ1v) is 7.50. The maximum absolute atomic E-state index is 11.8. The first-order valence-electron chi connectivity index (χ1n) is 6.27. The molecule has 0 unspecified atom stereocenters.